The van der Waals surface area contributed by atoms with Gasteiger partial charge in [-0.1, -0.05) is 13.8 Å². The maximum atomic E-state index is 12.1. The van der Waals surface area contributed by atoms with E-state index in [-0.39, 0.29) is 17.9 Å². The van der Waals surface area contributed by atoms with E-state index in [4.69, 9.17) is 5.73 Å². The molecule has 26 heavy (non-hydrogen) atoms. The molecule has 6 heteroatoms. The van der Waals surface area contributed by atoms with Crippen molar-refractivity contribution in [1.82, 2.24) is 14.9 Å². The van der Waals surface area contributed by atoms with E-state index in [1.165, 1.54) is 22.2 Å². The highest BCUT2D eigenvalue weighted by Crippen LogP contribution is 2.34. The number of rotatable bonds is 4. The lowest BCUT2D eigenvalue weighted by Crippen LogP contribution is -2.41. The van der Waals surface area contributed by atoms with Crippen LogP contribution in [0.25, 0.3) is 10.9 Å². The van der Waals surface area contributed by atoms with Gasteiger partial charge in [0.2, 0.25) is 5.91 Å². The van der Waals surface area contributed by atoms with E-state index in [9.17, 15) is 4.79 Å². The summed E-state index contributed by atoms with van der Waals surface area (Å²) in [5, 5.41) is 6.51. The van der Waals surface area contributed by atoms with Gasteiger partial charge >= 0.3 is 0 Å². The Morgan fingerprint density at radius 2 is 2.31 bits per heavy atom. The number of carbonyl (C=O) groups is 1. The van der Waals surface area contributed by atoms with E-state index in [1.807, 2.05) is 25.4 Å². The van der Waals surface area contributed by atoms with Crippen LogP contribution in [0.4, 0.5) is 5.69 Å². The fourth-order valence-corrected chi connectivity index (χ4v) is 4.37. The molecular weight excluding hydrogens is 344 g/mol. The highest BCUT2D eigenvalue weighted by Gasteiger charge is 2.27. The molecule has 5 nitrogen and oxygen atoms in total. The second-order valence-electron chi connectivity index (χ2n) is 7.37. The molecule has 0 saturated carbocycles. The Morgan fingerprint density at radius 3 is 3.04 bits per heavy atom. The summed E-state index contributed by atoms with van der Waals surface area (Å²) in [5.41, 5.74) is 13.7. The number of aromatic nitrogens is 2. The van der Waals surface area contributed by atoms with Gasteiger partial charge in [-0.2, -0.15) is 0 Å². The molecule has 1 aromatic carbocycles. The summed E-state index contributed by atoms with van der Waals surface area (Å²) >= 11 is 1.62. The molecule has 0 spiro atoms. The van der Waals surface area contributed by atoms with Gasteiger partial charge in [-0.05, 0) is 43.0 Å². The molecule has 2 heterocycles. The molecule has 0 saturated heterocycles. The standard InChI is InChI=1S/C20H24N4OS/c1-12(2)20(25)23-14-4-6-19-17(8-14)16-7-13(21)3-5-18(16)24(19)9-15-10-26-11-22-15/h3,5,7,10-12,14H,4,6,8-9,21H2,1-2H3,(H,23,25). The smallest absolute Gasteiger partial charge is 0.222 e. The molecule has 4 rings (SSSR count). The van der Waals surface area contributed by atoms with Crippen molar-refractivity contribution in [2.45, 2.75) is 45.7 Å². The lowest BCUT2D eigenvalue weighted by molar-refractivity contribution is -0.124. The van der Waals surface area contributed by atoms with Gasteiger partial charge in [-0.3, -0.25) is 4.79 Å². The minimum atomic E-state index is 0.0121. The fraction of sp³-hybridized carbons (Fsp3) is 0.400. The van der Waals surface area contributed by atoms with Crippen LogP contribution in [-0.2, 0) is 24.2 Å². The summed E-state index contributed by atoms with van der Waals surface area (Å²) in [5.74, 6) is 0.141. The molecule has 1 aliphatic rings. The van der Waals surface area contributed by atoms with Crippen molar-refractivity contribution in [2.24, 2.45) is 5.92 Å². The Kier molecular flexibility index (Phi) is 4.44. The average Bonchev–Trinajstić information content (AvgIpc) is 3.22. The van der Waals surface area contributed by atoms with Crippen molar-refractivity contribution in [2.75, 3.05) is 5.73 Å². The molecule has 1 aliphatic carbocycles. The molecule has 1 amide bonds. The first-order valence-electron chi connectivity index (χ1n) is 9.10. The molecule has 2 aromatic heterocycles. The Labute approximate surface area is 157 Å². The number of hydrogen-bond acceptors (Lipinski definition) is 4. The van der Waals surface area contributed by atoms with Crippen LogP contribution in [0.1, 0.15) is 37.2 Å². The topological polar surface area (TPSA) is 72.9 Å². The second kappa shape index (κ2) is 6.76. The Hall–Kier alpha value is -2.34. The number of benzene rings is 1. The maximum absolute atomic E-state index is 12.1. The van der Waals surface area contributed by atoms with E-state index in [0.717, 1.165) is 37.2 Å². The first kappa shape index (κ1) is 17.1. The van der Waals surface area contributed by atoms with Crippen LogP contribution >= 0.6 is 11.3 Å². The van der Waals surface area contributed by atoms with Gasteiger partial charge in [-0.25, -0.2) is 4.98 Å². The van der Waals surface area contributed by atoms with Gasteiger partial charge in [0.25, 0.3) is 0 Å². The number of carbonyl (C=O) groups excluding carboxylic acids is 1. The number of nitrogen functional groups attached to an aromatic ring is 1. The van der Waals surface area contributed by atoms with Gasteiger partial charge in [0.15, 0.2) is 0 Å². The predicted octanol–water partition coefficient (Wildman–Crippen LogP) is 3.36. The molecule has 0 aliphatic heterocycles. The SMILES string of the molecule is CC(C)C(=O)NC1CCc2c(c3cc(N)ccc3n2Cc2cscn2)C1. The monoisotopic (exact) mass is 368 g/mol. The van der Waals surface area contributed by atoms with Gasteiger partial charge < -0.3 is 15.6 Å². The minimum absolute atomic E-state index is 0.0121. The number of nitrogens with zero attached hydrogens (tertiary/aromatic N) is 2. The van der Waals surface area contributed by atoms with Gasteiger partial charge in [0.1, 0.15) is 0 Å². The number of amides is 1. The van der Waals surface area contributed by atoms with E-state index in [2.05, 4.69) is 32.4 Å². The van der Waals surface area contributed by atoms with Crippen LogP contribution in [0.5, 0.6) is 0 Å². The summed E-state index contributed by atoms with van der Waals surface area (Å²) in [7, 11) is 0. The minimum Gasteiger partial charge on any atom is -0.399 e. The van der Waals surface area contributed by atoms with Gasteiger partial charge in [0.05, 0.1) is 17.7 Å². The third kappa shape index (κ3) is 3.09. The highest BCUT2D eigenvalue weighted by atomic mass is 32.1. The lowest BCUT2D eigenvalue weighted by Gasteiger charge is -2.25. The van der Waals surface area contributed by atoms with Crippen LogP contribution in [0.2, 0.25) is 0 Å². The van der Waals surface area contributed by atoms with Crippen molar-refractivity contribution in [1.29, 1.82) is 0 Å². The molecular formula is C20H24N4OS. The normalized spacial score (nSPS) is 16.8. The van der Waals surface area contributed by atoms with Crippen molar-refractivity contribution < 1.29 is 4.79 Å². The number of fused-ring (bicyclic) bond motifs is 3. The number of nitrogens with two attached hydrogens (primary N) is 1. The van der Waals surface area contributed by atoms with Crippen molar-refractivity contribution in [3.05, 3.63) is 46.0 Å². The summed E-state index contributed by atoms with van der Waals surface area (Å²) in [6.07, 6.45) is 2.78. The maximum Gasteiger partial charge on any atom is 0.222 e. The highest BCUT2D eigenvalue weighted by molar-refractivity contribution is 7.07. The molecule has 3 aromatic rings. The molecule has 1 atom stereocenters. The predicted molar refractivity (Wildman–Crippen MR) is 106 cm³/mol. The van der Waals surface area contributed by atoms with Crippen molar-refractivity contribution in [3.63, 3.8) is 0 Å². The number of thiazole rings is 1. The molecule has 0 bridgehead atoms. The van der Waals surface area contributed by atoms with Crippen LogP contribution < -0.4 is 11.1 Å². The lowest BCUT2D eigenvalue weighted by atomic mass is 9.91. The zero-order valence-electron chi connectivity index (χ0n) is 15.2. The quantitative estimate of drug-likeness (QED) is 0.694. The van der Waals surface area contributed by atoms with Crippen LogP contribution in [0.3, 0.4) is 0 Å². The van der Waals surface area contributed by atoms with Gasteiger partial charge in [0, 0.05) is 39.6 Å². The summed E-state index contributed by atoms with van der Waals surface area (Å²) in [6.45, 7) is 4.65. The molecule has 0 fully saturated rings. The molecule has 0 radical (unpaired) electrons. The first-order valence-corrected chi connectivity index (χ1v) is 10.0. The third-order valence-electron chi connectivity index (χ3n) is 5.17. The fourth-order valence-electron chi connectivity index (χ4n) is 3.82. The van der Waals surface area contributed by atoms with E-state index >= 15 is 0 Å². The Bertz CT molecular complexity index is 943. The summed E-state index contributed by atoms with van der Waals surface area (Å²) in [4.78, 5) is 16.6. The zero-order valence-corrected chi connectivity index (χ0v) is 16.0. The summed E-state index contributed by atoms with van der Waals surface area (Å²) < 4.78 is 2.37. The van der Waals surface area contributed by atoms with Crippen LogP contribution in [0.15, 0.2) is 29.1 Å². The molecule has 1 unspecified atom stereocenters. The van der Waals surface area contributed by atoms with Crippen LogP contribution in [-0.4, -0.2) is 21.5 Å². The Balaban J connectivity index is 1.73. The van der Waals surface area contributed by atoms with Crippen molar-refractivity contribution in [3.8, 4) is 0 Å². The Morgan fingerprint density at radius 1 is 1.46 bits per heavy atom. The third-order valence-corrected chi connectivity index (χ3v) is 5.80. The van der Waals surface area contributed by atoms with Crippen molar-refractivity contribution >= 4 is 33.8 Å². The number of hydrogen-bond donors (Lipinski definition) is 2. The average molecular weight is 369 g/mol. The number of anilines is 1. The first-order chi connectivity index (χ1) is 12.5. The van der Waals surface area contributed by atoms with E-state index in [0.29, 0.717) is 0 Å². The van der Waals surface area contributed by atoms with E-state index in [1.54, 1.807) is 11.3 Å². The van der Waals surface area contributed by atoms with Gasteiger partial charge in [-0.15, -0.1) is 11.3 Å². The molecule has 136 valence electrons. The summed E-state index contributed by atoms with van der Waals surface area (Å²) in [6, 6.07) is 6.33. The second-order valence-corrected chi connectivity index (χ2v) is 8.09. The van der Waals surface area contributed by atoms with Crippen LogP contribution in [0, 0.1) is 5.92 Å². The zero-order chi connectivity index (χ0) is 18.3. The van der Waals surface area contributed by atoms with E-state index < -0.39 is 0 Å². The largest absolute Gasteiger partial charge is 0.399 e. The molecule has 3 N–H and O–H groups in total. The number of nitrogens with one attached hydrogen (secondary N) is 1.